The molecule has 7 nitrogen and oxygen atoms in total. The van der Waals surface area contributed by atoms with Crippen molar-refractivity contribution in [3.63, 3.8) is 0 Å². The Hall–Kier alpha value is -3.32. The molecule has 1 saturated carbocycles. The third kappa shape index (κ3) is 3.52. The Morgan fingerprint density at radius 2 is 1.78 bits per heavy atom. The summed E-state index contributed by atoms with van der Waals surface area (Å²) < 4.78 is 5.41. The number of benzene rings is 2. The molecule has 1 N–H and O–H groups in total. The summed E-state index contributed by atoms with van der Waals surface area (Å²) in [6, 6.07) is 11.6. The van der Waals surface area contributed by atoms with Gasteiger partial charge in [-0.3, -0.25) is 19.3 Å². The van der Waals surface area contributed by atoms with Crippen LogP contribution >= 0.6 is 11.6 Å². The maximum absolute atomic E-state index is 13.9. The minimum Gasteiger partial charge on any atom is -0.495 e. The van der Waals surface area contributed by atoms with Gasteiger partial charge in [-0.2, -0.15) is 0 Å². The maximum atomic E-state index is 13.9. The molecule has 4 atom stereocenters. The van der Waals surface area contributed by atoms with Crippen molar-refractivity contribution in [3.05, 3.63) is 64.8 Å². The van der Waals surface area contributed by atoms with E-state index >= 15 is 0 Å². The molecule has 8 heteroatoms. The topological polar surface area (TPSA) is 79.0 Å². The minimum absolute atomic E-state index is 0.0797. The van der Waals surface area contributed by atoms with E-state index in [4.69, 9.17) is 16.3 Å². The number of rotatable bonds is 4. The summed E-state index contributed by atoms with van der Waals surface area (Å²) in [5, 5.41) is 3.39. The molecule has 3 fully saturated rings. The summed E-state index contributed by atoms with van der Waals surface area (Å²) in [5.74, 6) is -1.63. The number of likely N-dealkylation sites (tertiary alicyclic amines) is 1. The monoisotopic (exact) mass is 505 g/mol. The molecule has 0 bridgehead atoms. The third-order valence-corrected chi connectivity index (χ3v) is 8.36. The number of anilines is 1. The number of amides is 3. The lowest BCUT2D eigenvalue weighted by molar-refractivity contribution is -0.146. The highest BCUT2D eigenvalue weighted by molar-refractivity contribution is 6.31. The Bertz CT molecular complexity index is 1270. The SMILES string of the molecule is COc1ccc(Cl)cc1NC(=O)[C@H]1[C@@H]2C(=O)N(C3CCCCC3)C(=O)[C@@H]2[C@H]2c3ccccc3C=CN21. The van der Waals surface area contributed by atoms with Crippen LogP contribution in [0.3, 0.4) is 0 Å². The molecule has 186 valence electrons. The second-order valence-electron chi connectivity index (χ2n) is 10.0. The molecule has 0 spiro atoms. The van der Waals surface area contributed by atoms with E-state index < -0.39 is 17.9 Å². The van der Waals surface area contributed by atoms with Crippen molar-refractivity contribution in [2.24, 2.45) is 11.8 Å². The average molecular weight is 506 g/mol. The van der Waals surface area contributed by atoms with Crippen molar-refractivity contribution in [2.75, 3.05) is 12.4 Å². The van der Waals surface area contributed by atoms with Gasteiger partial charge in [0, 0.05) is 17.3 Å². The molecular weight excluding hydrogens is 478 g/mol. The highest BCUT2D eigenvalue weighted by atomic mass is 35.5. The summed E-state index contributed by atoms with van der Waals surface area (Å²) in [4.78, 5) is 45.1. The van der Waals surface area contributed by atoms with E-state index in [0.29, 0.717) is 16.5 Å². The van der Waals surface area contributed by atoms with E-state index in [9.17, 15) is 14.4 Å². The lowest BCUT2D eigenvalue weighted by atomic mass is 9.84. The fourth-order valence-electron chi connectivity index (χ4n) is 6.56. The molecule has 6 rings (SSSR count). The highest BCUT2D eigenvalue weighted by Gasteiger charge is 2.65. The van der Waals surface area contributed by atoms with Crippen LogP contribution in [0.15, 0.2) is 48.7 Å². The van der Waals surface area contributed by atoms with Crippen molar-refractivity contribution < 1.29 is 19.1 Å². The van der Waals surface area contributed by atoms with Crippen LogP contribution in [0.25, 0.3) is 6.08 Å². The van der Waals surface area contributed by atoms with Crippen LogP contribution in [0.4, 0.5) is 5.69 Å². The highest BCUT2D eigenvalue weighted by Crippen LogP contribution is 2.53. The number of fused-ring (bicyclic) bond motifs is 5. The van der Waals surface area contributed by atoms with Gasteiger partial charge in [-0.05, 0) is 48.2 Å². The minimum atomic E-state index is -0.835. The number of ether oxygens (including phenoxy) is 1. The van der Waals surface area contributed by atoms with Crippen LogP contribution in [0.2, 0.25) is 5.02 Å². The van der Waals surface area contributed by atoms with Gasteiger partial charge in [0.2, 0.25) is 17.7 Å². The van der Waals surface area contributed by atoms with Crippen LogP contribution in [0, 0.1) is 11.8 Å². The Morgan fingerprint density at radius 3 is 2.56 bits per heavy atom. The first-order valence-corrected chi connectivity index (χ1v) is 12.9. The number of nitrogens with one attached hydrogen (secondary N) is 1. The lowest BCUT2D eigenvalue weighted by Gasteiger charge is -2.37. The van der Waals surface area contributed by atoms with Crippen LogP contribution in [0.5, 0.6) is 5.75 Å². The molecule has 2 aromatic carbocycles. The fraction of sp³-hybridized carbons (Fsp3) is 0.393. The van der Waals surface area contributed by atoms with Crippen molar-refractivity contribution in [1.29, 1.82) is 0 Å². The van der Waals surface area contributed by atoms with Crippen LogP contribution < -0.4 is 10.1 Å². The zero-order valence-corrected chi connectivity index (χ0v) is 20.8. The van der Waals surface area contributed by atoms with Gasteiger partial charge >= 0.3 is 0 Å². The predicted molar refractivity (Wildman–Crippen MR) is 136 cm³/mol. The van der Waals surface area contributed by atoms with Crippen LogP contribution in [0.1, 0.15) is 49.3 Å². The first-order valence-electron chi connectivity index (χ1n) is 12.6. The molecule has 1 aliphatic carbocycles. The Morgan fingerprint density at radius 1 is 1.03 bits per heavy atom. The number of carbonyl (C=O) groups excluding carboxylic acids is 3. The summed E-state index contributed by atoms with van der Waals surface area (Å²) in [5.41, 5.74) is 2.40. The molecule has 3 amide bonds. The van der Waals surface area contributed by atoms with Crippen molar-refractivity contribution in [3.8, 4) is 5.75 Å². The van der Waals surface area contributed by atoms with E-state index in [1.165, 1.54) is 12.0 Å². The second kappa shape index (κ2) is 8.96. The van der Waals surface area contributed by atoms with Gasteiger partial charge in [0.1, 0.15) is 11.8 Å². The molecule has 3 aliphatic heterocycles. The molecular formula is C28H28ClN3O4. The largest absolute Gasteiger partial charge is 0.495 e. The standard InChI is InChI=1S/C28H28ClN3O4/c1-36-21-12-11-17(29)15-20(21)30-26(33)25-23-22(24-19-10-6-5-7-16(19)13-14-31(24)25)27(34)32(28(23)35)18-8-3-2-4-9-18/h5-7,10-15,18,22-25H,2-4,8-9H2,1H3,(H,30,33)/t22-,23+,24+,25+/m0/s1. The van der Waals surface area contributed by atoms with Gasteiger partial charge in [0.15, 0.2) is 0 Å². The summed E-state index contributed by atoms with van der Waals surface area (Å²) >= 11 is 6.19. The zero-order valence-electron chi connectivity index (χ0n) is 20.0. The van der Waals surface area contributed by atoms with E-state index in [1.807, 2.05) is 41.4 Å². The van der Waals surface area contributed by atoms with Crippen LogP contribution in [-0.2, 0) is 14.4 Å². The Labute approximate surface area is 215 Å². The smallest absolute Gasteiger partial charge is 0.248 e. The molecule has 0 radical (unpaired) electrons. The summed E-state index contributed by atoms with van der Waals surface area (Å²) in [7, 11) is 1.52. The van der Waals surface area contributed by atoms with Gasteiger partial charge in [-0.1, -0.05) is 55.1 Å². The van der Waals surface area contributed by atoms with E-state index in [2.05, 4.69) is 5.32 Å². The number of imide groups is 1. The van der Waals surface area contributed by atoms with Crippen LogP contribution in [-0.4, -0.2) is 46.7 Å². The summed E-state index contributed by atoms with van der Waals surface area (Å²) in [6.07, 6.45) is 8.61. The predicted octanol–water partition coefficient (Wildman–Crippen LogP) is 4.63. The normalized spacial score (nSPS) is 27.1. The second-order valence-corrected chi connectivity index (χ2v) is 10.4. The number of nitrogens with zero attached hydrogens (tertiary/aromatic N) is 2. The zero-order chi connectivity index (χ0) is 25.0. The van der Waals surface area contributed by atoms with E-state index in [0.717, 1.165) is 43.2 Å². The number of halogens is 1. The molecule has 0 aromatic heterocycles. The van der Waals surface area contributed by atoms with Gasteiger partial charge < -0.3 is 15.0 Å². The van der Waals surface area contributed by atoms with Gasteiger partial charge in [0.25, 0.3) is 0 Å². The van der Waals surface area contributed by atoms with Crippen molar-refractivity contribution in [2.45, 2.75) is 50.2 Å². The Kier molecular flexibility index (Phi) is 5.75. The van der Waals surface area contributed by atoms with E-state index in [1.54, 1.807) is 18.2 Å². The number of methoxy groups -OCH3 is 1. The molecule has 0 unspecified atom stereocenters. The molecule has 2 aromatic rings. The molecule has 2 saturated heterocycles. The fourth-order valence-corrected chi connectivity index (χ4v) is 6.74. The quantitative estimate of drug-likeness (QED) is 0.613. The van der Waals surface area contributed by atoms with Gasteiger partial charge in [-0.25, -0.2) is 0 Å². The maximum Gasteiger partial charge on any atom is 0.248 e. The molecule has 3 heterocycles. The average Bonchev–Trinajstić information content (AvgIpc) is 3.37. The lowest BCUT2D eigenvalue weighted by Crippen LogP contribution is -2.49. The molecule has 36 heavy (non-hydrogen) atoms. The first-order chi connectivity index (χ1) is 17.5. The van der Waals surface area contributed by atoms with Gasteiger partial charge in [-0.15, -0.1) is 0 Å². The Balaban J connectivity index is 1.41. The third-order valence-electron chi connectivity index (χ3n) is 8.12. The van der Waals surface area contributed by atoms with Gasteiger partial charge in [0.05, 0.1) is 30.7 Å². The first kappa shape index (κ1) is 23.1. The van der Waals surface area contributed by atoms with Crippen molar-refractivity contribution >= 4 is 41.1 Å². The summed E-state index contributed by atoms with van der Waals surface area (Å²) in [6.45, 7) is 0. The van der Waals surface area contributed by atoms with E-state index in [-0.39, 0.29) is 29.8 Å². The number of hydrogen-bond donors (Lipinski definition) is 1. The number of carbonyl (C=O) groups is 3. The van der Waals surface area contributed by atoms with Crippen molar-refractivity contribution in [1.82, 2.24) is 9.80 Å². The molecule has 4 aliphatic rings. The number of hydrogen-bond acceptors (Lipinski definition) is 5.